The zero-order chi connectivity index (χ0) is 18.6. The molecule has 0 aliphatic rings. The van der Waals surface area contributed by atoms with E-state index in [1.54, 1.807) is 11.0 Å². The third-order valence-electron chi connectivity index (χ3n) is 4.33. The molecule has 0 spiro atoms. The van der Waals surface area contributed by atoms with Crippen LogP contribution in [0, 0.1) is 6.92 Å². The number of hydrogen-bond donors (Lipinski definition) is 0. The molecule has 27 heavy (non-hydrogen) atoms. The van der Waals surface area contributed by atoms with E-state index in [4.69, 9.17) is 4.98 Å². The van der Waals surface area contributed by atoms with Gasteiger partial charge in [0.25, 0.3) is 5.91 Å². The van der Waals surface area contributed by atoms with Crippen molar-refractivity contribution in [3.8, 4) is 0 Å². The van der Waals surface area contributed by atoms with Crippen molar-refractivity contribution in [1.82, 2.24) is 9.97 Å². The van der Waals surface area contributed by atoms with E-state index in [1.165, 1.54) is 16.9 Å². The Labute approximate surface area is 162 Å². The maximum absolute atomic E-state index is 13.2. The Balaban J connectivity index is 1.68. The highest BCUT2D eigenvalue weighted by Gasteiger charge is 2.22. The predicted octanol–water partition coefficient (Wildman–Crippen LogP) is 4.89. The topological polar surface area (TPSA) is 46.1 Å². The smallest absolute Gasteiger partial charge is 0.278 e. The summed E-state index contributed by atoms with van der Waals surface area (Å²) >= 11 is 1.53. The van der Waals surface area contributed by atoms with E-state index in [2.05, 4.69) is 17.1 Å². The minimum absolute atomic E-state index is 0.117. The molecule has 0 radical (unpaired) electrons. The Kier molecular flexibility index (Phi) is 4.94. The Morgan fingerprint density at radius 2 is 1.70 bits per heavy atom. The van der Waals surface area contributed by atoms with Gasteiger partial charge in [0, 0.05) is 12.2 Å². The summed E-state index contributed by atoms with van der Waals surface area (Å²) in [6, 6.07) is 23.6. The summed E-state index contributed by atoms with van der Waals surface area (Å²) in [5.74, 6) is -0.117. The normalized spacial score (nSPS) is 10.9. The van der Waals surface area contributed by atoms with Crippen LogP contribution >= 0.6 is 11.3 Å². The fourth-order valence-corrected chi connectivity index (χ4v) is 3.94. The Hall–Kier alpha value is -3.05. The summed E-state index contributed by atoms with van der Waals surface area (Å²) in [6.07, 6.45) is 0.758. The van der Waals surface area contributed by atoms with E-state index in [0.717, 1.165) is 22.3 Å². The molecule has 5 heteroatoms. The molecule has 1 amide bonds. The Morgan fingerprint density at radius 3 is 2.48 bits per heavy atom. The van der Waals surface area contributed by atoms with Crippen LogP contribution in [0.3, 0.4) is 0 Å². The van der Waals surface area contributed by atoms with E-state index in [-0.39, 0.29) is 5.91 Å². The zero-order valence-corrected chi connectivity index (χ0v) is 15.8. The molecule has 0 bridgehead atoms. The van der Waals surface area contributed by atoms with Crippen molar-refractivity contribution in [1.29, 1.82) is 0 Å². The molecule has 0 fully saturated rings. The molecule has 2 aromatic carbocycles. The number of hydrogen-bond acceptors (Lipinski definition) is 4. The monoisotopic (exact) mass is 373 g/mol. The van der Waals surface area contributed by atoms with E-state index in [1.807, 2.05) is 61.5 Å². The molecule has 0 unspecified atom stereocenters. The van der Waals surface area contributed by atoms with Crippen molar-refractivity contribution in [2.45, 2.75) is 13.3 Å². The molecule has 0 atom stereocenters. The van der Waals surface area contributed by atoms with Crippen LogP contribution in [0.1, 0.15) is 21.7 Å². The van der Waals surface area contributed by atoms with Crippen molar-refractivity contribution in [3.63, 3.8) is 0 Å². The standard InChI is InChI=1S/C22H19N3OS/c1-16-8-7-12-19(23-16)21(26)25(15-14-17-9-3-2-4-10-17)22-24-18-11-5-6-13-20(18)27-22/h2-13H,14-15H2,1H3. The lowest BCUT2D eigenvalue weighted by molar-refractivity contribution is 0.0982. The molecule has 4 rings (SSSR count). The number of benzene rings is 2. The maximum Gasteiger partial charge on any atom is 0.278 e. The number of amides is 1. The van der Waals surface area contributed by atoms with Crippen molar-refractivity contribution >= 4 is 32.6 Å². The predicted molar refractivity (Wildman–Crippen MR) is 110 cm³/mol. The highest BCUT2D eigenvalue weighted by atomic mass is 32.1. The quantitative estimate of drug-likeness (QED) is 0.500. The van der Waals surface area contributed by atoms with Crippen LogP contribution in [-0.4, -0.2) is 22.4 Å². The van der Waals surface area contributed by atoms with Gasteiger partial charge in [-0.1, -0.05) is 59.9 Å². The first-order valence-electron chi connectivity index (χ1n) is 8.86. The van der Waals surface area contributed by atoms with Gasteiger partial charge in [0.2, 0.25) is 0 Å². The van der Waals surface area contributed by atoms with Gasteiger partial charge >= 0.3 is 0 Å². The molecule has 134 valence electrons. The number of thiazole rings is 1. The first kappa shape index (κ1) is 17.4. The highest BCUT2D eigenvalue weighted by Crippen LogP contribution is 2.29. The number of rotatable bonds is 5. The Morgan fingerprint density at radius 1 is 0.926 bits per heavy atom. The number of pyridine rings is 1. The van der Waals surface area contributed by atoms with Crippen LogP contribution in [0.25, 0.3) is 10.2 Å². The fourth-order valence-electron chi connectivity index (χ4n) is 2.95. The summed E-state index contributed by atoms with van der Waals surface area (Å²) < 4.78 is 1.07. The molecular weight excluding hydrogens is 354 g/mol. The molecule has 0 aliphatic heterocycles. The molecule has 2 heterocycles. The minimum Gasteiger partial charge on any atom is -0.282 e. The third kappa shape index (κ3) is 3.88. The van der Waals surface area contributed by atoms with Crippen molar-refractivity contribution in [2.24, 2.45) is 0 Å². The molecule has 0 saturated heterocycles. The second-order valence-electron chi connectivity index (χ2n) is 6.32. The number of para-hydroxylation sites is 1. The van der Waals surface area contributed by atoms with Crippen LogP contribution in [0.15, 0.2) is 72.8 Å². The van der Waals surface area contributed by atoms with Crippen molar-refractivity contribution in [3.05, 3.63) is 89.7 Å². The van der Waals surface area contributed by atoms with E-state index in [9.17, 15) is 4.79 Å². The van der Waals surface area contributed by atoms with Crippen molar-refractivity contribution < 1.29 is 4.79 Å². The fraction of sp³-hybridized carbons (Fsp3) is 0.136. The van der Waals surface area contributed by atoms with Crippen LogP contribution in [0.2, 0.25) is 0 Å². The molecule has 4 nitrogen and oxygen atoms in total. The summed E-state index contributed by atoms with van der Waals surface area (Å²) in [5, 5.41) is 0.709. The van der Waals surface area contributed by atoms with Gasteiger partial charge < -0.3 is 0 Å². The van der Waals surface area contributed by atoms with Gasteiger partial charge in [0.1, 0.15) is 5.69 Å². The molecule has 4 aromatic rings. The second kappa shape index (κ2) is 7.68. The summed E-state index contributed by atoms with van der Waals surface area (Å²) in [5.41, 5.74) is 3.37. The van der Waals surface area contributed by atoms with E-state index < -0.39 is 0 Å². The molecule has 0 saturated carbocycles. The van der Waals surface area contributed by atoms with E-state index >= 15 is 0 Å². The SMILES string of the molecule is Cc1cccc(C(=O)N(CCc2ccccc2)c2nc3ccccc3s2)n1. The first-order valence-corrected chi connectivity index (χ1v) is 9.67. The summed E-state index contributed by atoms with van der Waals surface area (Å²) in [4.78, 5) is 24.1. The van der Waals surface area contributed by atoms with Gasteiger partial charge in [-0.15, -0.1) is 0 Å². The lowest BCUT2D eigenvalue weighted by Gasteiger charge is -2.19. The summed E-state index contributed by atoms with van der Waals surface area (Å²) in [7, 11) is 0. The largest absolute Gasteiger partial charge is 0.282 e. The van der Waals surface area contributed by atoms with E-state index in [0.29, 0.717) is 17.4 Å². The number of nitrogens with zero attached hydrogens (tertiary/aromatic N) is 3. The number of aromatic nitrogens is 2. The zero-order valence-electron chi connectivity index (χ0n) is 15.0. The molecule has 0 aliphatic carbocycles. The Bertz CT molecular complexity index is 1040. The highest BCUT2D eigenvalue weighted by molar-refractivity contribution is 7.22. The number of fused-ring (bicyclic) bond motifs is 1. The second-order valence-corrected chi connectivity index (χ2v) is 7.33. The van der Waals surface area contributed by atoms with Gasteiger partial charge in [-0.2, -0.15) is 0 Å². The van der Waals surface area contributed by atoms with Crippen LogP contribution in [0.5, 0.6) is 0 Å². The first-order chi connectivity index (χ1) is 13.2. The van der Waals surface area contributed by atoms with Gasteiger partial charge in [-0.05, 0) is 43.2 Å². The average molecular weight is 373 g/mol. The lowest BCUT2D eigenvalue weighted by Crippen LogP contribution is -2.33. The lowest BCUT2D eigenvalue weighted by atomic mass is 10.1. The van der Waals surface area contributed by atoms with Gasteiger partial charge in [0.15, 0.2) is 5.13 Å². The average Bonchev–Trinajstić information content (AvgIpc) is 3.12. The number of anilines is 1. The van der Waals surface area contributed by atoms with Gasteiger partial charge in [0.05, 0.1) is 10.2 Å². The molecule has 0 N–H and O–H groups in total. The van der Waals surface area contributed by atoms with Crippen LogP contribution < -0.4 is 4.90 Å². The van der Waals surface area contributed by atoms with Crippen LogP contribution in [0.4, 0.5) is 5.13 Å². The summed E-state index contributed by atoms with van der Waals surface area (Å²) in [6.45, 7) is 2.45. The van der Waals surface area contributed by atoms with Crippen molar-refractivity contribution in [2.75, 3.05) is 11.4 Å². The third-order valence-corrected chi connectivity index (χ3v) is 5.39. The van der Waals surface area contributed by atoms with Gasteiger partial charge in [-0.3, -0.25) is 9.69 Å². The van der Waals surface area contributed by atoms with Gasteiger partial charge in [-0.25, -0.2) is 9.97 Å². The molecule has 2 aromatic heterocycles. The molecular formula is C22H19N3OS. The maximum atomic E-state index is 13.2. The number of carbonyl (C=O) groups is 1. The number of aryl methyl sites for hydroxylation is 1. The number of carbonyl (C=O) groups excluding carboxylic acids is 1. The minimum atomic E-state index is -0.117. The van der Waals surface area contributed by atoms with Crippen LogP contribution in [-0.2, 0) is 6.42 Å².